The maximum atomic E-state index is 13.1. The number of halogens is 2. The Morgan fingerprint density at radius 1 is 1.53 bits per heavy atom. The standard InChI is InChI=1S/C11H12BrFO2/c1-2-3-6-15-11(14)8-4-5-9(12)10(13)7-8/h4-5,7H,2-3,6H2,1H3. The predicted molar refractivity (Wildman–Crippen MR) is 59.3 cm³/mol. The molecule has 0 radical (unpaired) electrons. The minimum absolute atomic E-state index is 0.242. The largest absolute Gasteiger partial charge is 0.462 e. The molecular formula is C11H12BrFO2. The van der Waals surface area contributed by atoms with Gasteiger partial charge in [0, 0.05) is 0 Å². The van der Waals surface area contributed by atoms with E-state index < -0.39 is 11.8 Å². The van der Waals surface area contributed by atoms with Crippen LogP contribution in [-0.4, -0.2) is 12.6 Å². The molecule has 0 atom stereocenters. The van der Waals surface area contributed by atoms with E-state index in [1.165, 1.54) is 18.2 Å². The molecule has 15 heavy (non-hydrogen) atoms. The smallest absolute Gasteiger partial charge is 0.338 e. The fraction of sp³-hybridized carbons (Fsp3) is 0.364. The van der Waals surface area contributed by atoms with E-state index in [9.17, 15) is 9.18 Å². The van der Waals surface area contributed by atoms with Crippen LogP contribution in [0.2, 0.25) is 0 Å². The van der Waals surface area contributed by atoms with Crippen molar-refractivity contribution in [1.82, 2.24) is 0 Å². The van der Waals surface area contributed by atoms with Gasteiger partial charge in [-0.3, -0.25) is 0 Å². The average molecular weight is 275 g/mol. The third kappa shape index (κ3) is 3.63. The Balaban J connectivity index is 2.62. The van der Waals surface area contributed by atoms with Crippen molar-refractivity contribution in [2.24, 2.45) is 0 Å². The Hall–Kier alpha value is -0.900. The van der Waals surface area contributed by atoms with Crippen LogP contribution >= 0.6 is 15.9 Å². The van der Waals surface area contributed by atoms with Gasteiger partial charge in [0.15, 0.2) is 0 Å². The van der Waals surface area contributed by atoms with Crippen LogP contribution in [0.5, 0.6) is 0 Å². The summed E-state index contributed by atoms with van der Waals surface area (Å²) in [4.78, 5) is 11.4. The van der Waals surface area contributed by atoms with Gasteiger partial charge in [-0.15, -0.1) is 0 Å². The summed E-state index contributed by atoms with van der Waals surface area (Å²) >= 11 is 3.02. The molecule has 0 amide bonds. The highest BCUT2D eigenvalue weighted by atomic mass is 79.9. The Bertz CT molecular complexity index is 352. The number of hydrogen-bond donors (Lipinski definition) is 0. The minimum Gasteiger partial charge on any atom is -0.462 e. The van der Waals surface area contributed by atoms with Gasteiger partial charge in [0.25, 0.3) is 0 Å². The third-order valence-electron chi connectivity index (χ3n) is 1.89. The molecule has 0 fully saturated rings. The molecule has 0 bridgehead atoms. The van der Waals surface area contributed by atoms with Gasteiger partial charge in [-0.05, 0) is 40.5 Å². The molecule has 0 aliphatic rings. The molecular weight excluding hydrogens is 263 g/mol. The van der Waals surface area contributed by atoms with Crippen LogP contribution in [0.25, 0.3) is 0 Å². The number of hydrogen-bond acceptors (Lipinski definition) is 2. The topological polar surface area (TPSA) is 26.3 Å². The van der Waals surface area contributed by atoms with Gasteiger partial charge in [0.2, 0.25) is 0 Å². The van der Waals surface area contributed by atoms with E-state index in [0.717, 1.165) is 12.8 Å². The summed E-state index contributed by atoms with van der Waals surface area (Å²) in [6.45, 7) is 2.39. The summed E-state index contributed by atoms with van der Waals surface area (Å²) in [6, 6.07) is 4.19. The SMILES string of the molecule is CCCCOC(=O)c1ccc(Br)c(F)c1. The summed E-state index contributed by atoms with van der Waals surface area (Å²) in [5.41, 5.74) is 0.242. The summed E-state index contributed by atoms with van der Waals surface area (Å²) in [7, 11) is 0. The van der Waals surface area contributed by atoms with E-state index in [0.29, 0.717) is 11.1 Å². The molecule has 0 aliphatic carbocycles. The van der Waals surface area contributed by atoms with Gasteiger partial charge in [-0.25, -0.2) is 9.18 Å². The van der Waals surface area contributed by atoms with Crippen molar-refractivity contribution < 1.29 is 13.9 Å². The van der Waals surface area contributed by atoms with Crippen LogP contribution in [0.15, 0.2) is 22.7 Å². The van der Waals surface area contributed by atoms with Gasteiger partial charge < -0.3 is 4.74 Å². The maximum Gasteiger partial charge on any atom is 0.338 e. The Labute approximate surface area is 96.6 Å². The third-order valence-corrected chi connectivity index (χ3v) is 2.53. The normalized spacial score (nSPS) is 10.1. The lowest BCUT2D eigenvalue weighted by molar-refractivity contribution is 0.0499. The first-order valence-electron chi connectivity index (χ1n) is 4.77. The molecule has 0 aromatic heterocycles. The summed E-state index contributed by atoms with van der Waals surface area (Å²) in [6.07, 6.45) is 1.78. The van der Waals surface area contributed by atoms with Crippen molar-refractivity contribution in [2.45, 2.75) is 19.8 Å². The van der Waals surface area contributed by atoms with Crippen molar-refractivity contribution in [3.05, 3.63) is 34.1 Å². The average Bonchev–Trinajstić information content (AvgIpc) is 2.22. The first-order valence-corrected chi connectivity index (χ1v) is 5.56. The monoisotopic (exact) mass is 274 g/mol. The van der Waals surface area contributed by atoms with Crippen molar-refractivity contribution in [2.75, 3.05) is 6.61 Å². The van der Waals surface area contributed by atoms with Crippen LogP contribution in [0, 0.1) is 5.82 Å². The van der Waals surface area contributed by atoms with Gasteiger partial charge in [0.1, 0.15) is 5.82 Å². The number of ether oxygens (including phenoxy) is 1. The number of unbranched alkanes of at least 4 members (excludes halogenated alkanes) is 1. The molecule has 2 nitrogen and oxygen atoms in total. The number of esters is 1. The number of carbonyl (C=O) groups excluding carboxylic acids is 1. The fourth-order valence-electron chi connectivity index (χ4n) is 1.02. The van der Waals surface area contributed by atoms with Crippen molar-refractivity contribution in [1.29, 1.82) is 0 Å². The van der Waals surface area contributed by atoms with E-state index in [4.69, 9.17) is 4.74 Å². The first kappa shape index (κ1) is 12.2. The van der Waals surface area contributed by atoms with E-state index >= 15 is 0 Å². The minimum atomic E-state index is -0.477. The van der Waals surface area contributed by atoms with E-state index in [-0.39, 0.29) is 5.56 Å². The lowest BCUT2D eigenvalue weighted by Gasteiger charge is -2.04. The van der Waals surface area contributed by atoms with Gasteiger partial charge in [-0.2, -0.15) is 0 Å². The molecule has 1 rings (SSSR count). The second-order valence-electron chi connectivity index (χ2n) is 3.12. The Morgan fingerprint density at radius 3 is 2.87 bits per heavy atom. The predicted octanol–water partition coefficient (Wildman–Crippen LogP) is 3.55. The summed E-state index contributed by atoms with van der Waals surface area (Å²) in [5.74, 6) is -0.935. The molecule has 82 valence electrons. The molecule has 0 heterocycles. The second kappa shape index (κ2) is 5.85. The second-order valence-corrected chi connectivity index (χ2v) is 3.97. The van der Waals surface area contributed by atoms with E-state index in [2.05, 4.69) is 15.9 Å². The fourth-order valence-corrected chi connectivity index (χ4v) is 1.26. The van der Waals surface area contributed by atoms with E-state index in [1.54, 1.807) is 0 Å². The number of benzene rings is 1. The van der Waals surface area contributed by atoms with Gasteiger partial charge in [0.05, 0.1) is 16.6 Å². The quantitative estimate of drug-likeness (QED) is 0.620. The molecule has 0 N–H and O–H groups in total. The maximum absolute atomic E-state index is 13.1. The highest BCUT2D eigenvalue weighted by Crippen LogP contribution is 2.16. The summed E-state index contributed by atoms with van der Waals surface area (Å²) < 4.78 is 18.4. The van der Waals surface area contributed by atoms with Crippen molar-refractivity contribution in [3.63, 3.8) is 0 Å². The molecule has 0 saturated carbocycles. The lowest BCUT2D eigenvalue weighted by Crippen LogP contribution is -2.06. The van der Waals surface area contributed by atoms with Crippen LogP contribution < -0.4 is 0 Å². The molecule has 0 saturated heterocycles. The molecule has 1 aromatic rings. The van der Waals surface area contributed by atoms with E-state index in [1.807, 2.05) is 6.92 Å². The van der Waals surface area contributed by atoms with Gasteiger partial charge >= 0.3 is 5.97 Å². The van der Waals surface area contributed by atoms with Gasteiger partial charge in [-0.1, -0.05) is 13.3 Å². The molecule has 0 spiro atoms. The molecule has 1 aromatic carbocycles. The number of rotatable bonds is 4. The number of carbonyl (C=O) groups is 1. The molecule has 4 heteroatoms. The first-order chi connectivity index (χ1) is 7.15. The van der Waals surface area contributed by atoms with Crippen LogP contribution in [-0.2, 0) is 4.74 Å². The molecule has 0 unspecified atom stereocenters. The Kier molecular flexibility index (Phi) is 4.75. The molecule has 0 aliphatic heterocycles. The van der Waals surface area contributed by atoms with Crippen LogP contribution in [0.3, 0.4) is 0 Å². The summed E-state index contributed by atoms with van der Waals surface area (Å²) in [5, 5.41) is 0. The van der Waals surface area contributed by atoms with Crippen LogP contribution in [0.4, 0.5) is 4.39 Å². The zero-order valence-electron chi connectivity index (χ0n) is 8.43. The van der Waals surface area contributed by atoms with Crippen molar-refractivity contribution in [3.8, 4) is 0 Å². The lowest BCUT2D eigenvalue weighted by atomic mass is 10.2. The zero-order chi connectivity index (χ0) is 11.3. The van der Waals surface area contributed by atoms with Crippen molar-refractivity contribution >= 4 is 21.9 Å². The zero-order valence-corrected chi connectivity index (χ0v) is 10.0. The highest BCUT2D eigenvalue weighted by Gasteiger charge is 2.09. The van der Waals surface area contributed by atoms with Crippen LogP contribution in [0.1, 0.15) is 30.1 Å². The highest BCUT2D eigenvalue weighted by molar-refractivity contribution is 9.10. The Morgan fingerprint density at radius 2 is 2.27 bits per heavy atom.